The predicted octanol–water partition coefficient (Wildman–Crippen LogP) is 2.93. The van der Waals surface area contributed by atoms with Crippen molar-refractivity contribution in [3.63, 3.8) is 0 Å². The first-order valence-corrected chi connectivity index (χ1v) is 7.74. The molecule has 22 heavy (non-hydrogen) atoms. The van der Waals surface area contributed by atoms with Gasteiger partial charge in [-0.15, -0.1) is 0 Å². The lowest BCUT2D eigenvalue weighted by molar-refractivity contribution is -0.150. The standard InChI is InChI=1S/C16H31NO5/c1-7-8-16(12(18)19,10-9-15(5,6)21)11-17-13(20)22-14(2,3)4/h21H,7-11H2,1-6H3,(H,17,20)(H,18,19). The summed E-state index contributed by atoms with van der Waals surface area (Å²) in [5.41, 5.74) is -2.67. The Balaban J connectivity index is 4.92. The van der Waals surface area contributed by atoms with Gasteiger partial charge in [0.15, 0.2) is 0 Å². The van der Waals surface area contributed by atoms with Gasteiger partial charge in [0.25, 0.3) is 0 Å². The molecule has 0 saturated heterocycles. The monoisotopic (exact) mass is 317 g/mol. The van der Waals surface area contributed by atoms with Gasteiger partial charge in [0, 0.05) is 6.54 Å². The summed E-state index contributed by atoms with van der Waals surface area (Å²) in [4.78, 5) is 23.5. The lowest BCUT2D eigenvalue weighted by Crippen LogP contribution is -2.45. The van der Waals surface area contributed by atoms with Crippen molar-refractivity contribution in [2.24, 2.45) is 5.41 Å². The number of ether oxygens (including phenoxy) is 1. The molecule has 0 aromatic rings. The van der Waals surface area contributed by atoms with Crippen LogP contribution in [-0.4, -0.2) is 40.0 Å². The first-order valence-electron chi connectivity index (χ1n) is 7.74. The van der Waals surface area contributed by atoms with Crippen molar-refractivity contribution < 1.29 is 24.5 Å². The molecule has 130 valence electrons. The maximum atomic E-state index is 11.8. The van der Waals surface area contributed by atoms with Crippen molar-refractivity contribution in [2.45, 2.75) is 78.4 Å². The molecule has 0 aromatic carbocycles. The Morgan fingerprint density at radius 1 is 1.05 bits per heavy atom. The van der Waals surface area contributed by atoms with Crippen LogP contribution in [0.25, 0.3) is 0 Å². The summed E-state index contributed by atoms with van der Waals surface area (Å²) >= 11 is 0. The summed E-state index contributed by atoms with van der Waals surface area (Å²) in [5, 5.41) is 22.0. The molecule has 1 atom stereocenters. The number of hydrogen-bond acceptors (Lipinski definition) is 4. The molecule has 0 radical (unpaired) electrons. The fourth-order valence-corrected chi connectivity index (χ4v) is 2.17. The van der Waals surface area contributed by atoms with E-state index in [1.807, 2.05) is 6.92 Å². The molecule has 1 unspecified atom stereocenters. The van der Waals surface area contributed by atoms with Crippen LogP contribution in [0.15, 0.2) is 0 Å². The van der Waals surface area contributed by atoms with Crippen LogP contribution in [0, 0.1) is 5.41 Å². The second-order valence-electron chi connectivity index (χ2n) is 7.50. The lowest BCUT2D eigenvalue weighted by Gasteiger charge is -2.32. The van der Waals surface area contributed by atoms with E-state index in [4.69, 9.17) is 4.74 Å². The minimum atomic E-state index is -1.09. The molecule has 0 aliphatic rings. The number of amides is 1. The highest BCUT2D eigenvalue weighted by atomic mass is 16.6. The Kier molecular flexibility index (Phi) is 7.35. The number of carboxylic acids is 1. The molecule has 0 bridgehead atoms. The van der Waals surface area contributed by atoms with Crippen molar-refractivity contribution in [2.75, 3.05) is 6.54 Å². The normalized spacial score (nSPS) is 15.0. The van der Waals surface area contributed by atoms with Crippen LogP contribution in [0.2, 0.25) is 0 Å². The highest BCUT2D eigenvalue weighted by Gasteiger charge is 2.39. The zero-order chi connectivity index (χ0) is 17.6. The van der Waals surface area contributed by atoms with Gasteiger partial charge in [0.05, 0.1) is 11.0 Å². The Labute approximate surface area is 133 Å². The second-order valence-corrected chi connectivity index (χ2v) is 7.50. The predicted molar refractivity (Wildman–Crippen MR) is 84.7 cm³/mol. The quantitative estimate of drug-likeness (QED) is 0.639. The van der Waals surface area contributed by atoms with E-state index in [0.29, 0.717) is 19.3 Å². The summed E-state index contributed by atoms with van der Waals surface area (Å²) in [6, 6.07) is 0. The molecule has 0 aliphatic carbocycles. The summed E-state index contributed by atoms with van der Waals surface area (Å²) in [5.74, 6) is -0.963. The van der Waals surface area contributed by atoms with Crippen LogP contribution >= 0.6 is 0 Å². The minimum Gasteiger partial charge on any atom is -0.481 e. The van der Waals surface area contributed by atoms with Crippen molar-refractivity contribution in [1.82, 2.24) is 5.32 Å². The molecule has 0 fully saturated rings. The van der Waals surface area contributed by atoms with Crippen LogP contribution < -0.4 is 5.32 Å². The smallest absolute Gasteiger partial charge is 0.407 e. The molecule has 1 amide bonds. The minimum absolute atomic E-state index is 0.0127. The van der Waals surface area contributed by atoms with E-state index in [2.05, 4.69) is 5.32 Å². The third-order valence-electron chi connectivity index (χ3n) is 3.37. The van der Waals surface area contributed by atoms with E-state index in [1.165, 1.54) is 0 Å². The molecular formula is C16H31NO5. The number of aliphatic hydroxyl groups is 1. The number of carbonyl (C=O) groups excluding carboxylic acids is 1. The van der Waals surface area contributed by atoms with E-state index < -0.39 is 28.7 Å². The number of nitrogens with one attached hydrogen (secondary N) is 1. The van der Waals surface area contributed by atoms with Gasteiger partial charge in [-0.3, -0.25) is 4.79 Å². The van der Waals surface area contributed by atoms with E-state index in [1.54, 1.807) is 34.6 Å². The molecule has 0 rings (SSSR count). The van der Waals surface area contributed by atoms with Crippen molar-refractivity contribution >= 4 is 12.1 Å². The summed E-state index contributed by atoms with van der Waals surface area (Å²) in [7, 11) is 0. The second kappa shape index (κ2) is 7.81. The number of hydrogen-bond donors (Lipinski definition) is 3. The third kappa shape index (κ3) is 8.22. The molecule has 0 spiro atoms. The molecule has 0 heterocycles. The molecule has 0 aliphatic heterocycles. The maximum Gasteiger partial charge on any atom is 0.407 e. The Morgan fingerprint density at radius 2 is 1.59 bits per heavy atom. The lowest BCUT2D eigenvalue weighted by atomic mass is 9.77. The van der Waals surface area contributed by atoms with E-state index in [9.17, 15) is 19.8 Å². The largest absolute Gasteiger partial charge is 0.481 e. The number of rotatable bonds is 8. The van der Waals surface area contributed by atoms with E-state index >= 15 is 0 Å². The molecule has 0 aromatic heterocycles. The SMILES string of the molecule is CCCC(CCC(C)(C)O)(CNC(=O)OC(C)(C)C)C(=O)O. The molecular weight excluding hydrogens is 286 g/mol. The van der Waals surface area contributed by atoms with Gasteiger partial charge in [-0.25, -0.2) is 4.79 Å². The Bertz CT molecular complexity index is 381. The van der Waals surface area contributed by atoms with Crippen LogP contribution in [0.1, 0.15) is 67.2 Å². The van der Waals surface area contributed by atoms with Gasteiger partial charge in [0.2, 0.25) is 0 Å². The molecule has 3 N–H and O–H groups in total. The fraction of sp³-hybridized carbons (Fsp3) is 0.875. The van der Waals surface area contributed by atoms with Crippen molar-refractivity contribution in [1.29, 1.82) is 0 Å². The molecule has 6 heteroatoms. The number of aliphatic carboxylic acids is 1. The van der Waals surface area contributed by atoms with E-state index in [-0.39, 0.29) is 13.0 Å². The topological polar surface area (TPSA) is 95.9 Å². The van der Waals surface area contributed by atoms with Crippen molar-refractivity contribution in [3.8, 4) is 0 Å². The Morgan fingerprint density at radius 3 is 1.95 bits per heavy atom. The van der Waals surface area contributed by atoms with Gasteiger partial charge in [-0.1, -0.05) is 13.3 Å². The van der Waals surface area contributed by atoms with Gasteiger partial charge >= 0.3 is 12.1 Å². The summed E-state index contributed by atoms with van der Waals surface area (Å²) < 4.78 is 5.14. The molecule has 0 saturated carbocycles. The maximum absolute atomic E-state index is 11.8. The number of alkyl carbamates (subject to hydrolysis) is 1. The van der Waals surface area contributed by atoms with Gasteiger partial charge in [-0.2, -0.15) is 0 Å². The highest BCUT2D eigenvalue weighted by molar-refractivity contribution is 5.76. The number of carboxylic acid groups (broad SMARTS) is 1. The van der Waals surface area contributed by atoms with Crippen LogP contribution in [0.3, 0.4) is 0 Å². The van der Waals surface area contributed by atoms with Gasteiger partial charge < -0.3 is 20.3 Å². The highest BCUT2D eigenvalue weighted by Crippen LogP contribution is 2.32. The first kappa shape index (κ1) is 20.7. The Hall–Kier alpha value is -1.30. The summed E-state index contributed by atoms with van der Waals surface area (Å²) in [6.45, 7) is 10.4. The van der Waals surface area contributed by atoms with Crippen LogP contribution in [0.5, 0.6) is 0 Å². The first-order chi connectivity index (χ1) is 9.81. The van der Waals surface area contributed by atoms with E-state index in [0.717, 1.165) is 0 Å². The average Bonchev–Trinajstić information content (AvgIpc) is 2.29. The zero-order valence-corrected chi connectivity index (χ0v) is 14.7. The average molecular weight is 317 g/mol. The fourth-order valence-electron chi connectivity index (χ4n) is 2.17. The van der Waals surface area contributed by atoms with Crippen LogP contribution in [0.4, 0.5) is 4.79 Å². The number of carbonyl (C=O) groups is 2. The van der Waals surface area contributed by atoms with Crippen LogP contribution in [-0.2, 0) is 9.53 Å². The van der Waals surface area contributed by atoms with Crippen molar-refractivity contribution in [3.05, 3.63) is 0 Å². The third-order valence-corrected chi connectivity index (χ3v) is 3.37. The molecule has 6 nitrogen and oxygen atoms in total. The summed E-state index contributed by atoms with van der Waals surface area (Å²) in [6.07, 6.45) is 1.10. The van der Waals surface area contributed by atoms with Gasteiger partial charge in [0.1, 0.15) is 5.60 Å². The van der Waals surface area contributed by atoms with Gasteiger partial charge in [-0.05, 0) is 53.9 Å². The zero-order valence-electron chi connectivity index (χ0n) is 14.7.